The van der Waals surface area contributed by atoms with Crippen molar-refractivity contribution in [2.24, 2.45) is 0 Å². The fourth-order valence-electron chi connectivity index (χ4n) is 0.852. The highest BCUT2D eigenvalue weighted by molar-refractivity contribution is 7.99. The Balaban J connectivity index is 2.01. The quantitative estimate of drug-likeness (QED) is 0.681. The molecule has 2 aromatic heterocycles. The van der Waals surface area contributed by atoms with Gasteiger partial charge in [-0.1, -0.05) is 16.9 Å². The Morgan fingerprint density at radius 1 is 1.67 bits per heavy atom. The summed E-state index contributed by atoms with van der Waals surface area (Å²) in [4.78, 5) is 12.8. The largest absolute Gasteiger partial charge is 0.396 e. The van der Waals surface area contributed by atoms with Crippen LogP contribution in [0.4, 0.5) is 0 Å². The molecule has 80 valence electrons. The van der Waals surface area contributed by atoms with Gasteiger partial charge in [-0.25, -0.2) is 0 Å². The number of nitrogens with zero attached hydrogens (tertiary/aromatic N) is 5. The van der Waals surface area contributed by atoms with E-state index in [0.717, 1.165) is 0 Å². The van der Waals surface area contributed by atoms with Gasteiger partial charge in [0.2, 0.25) is 5.91 Å². The first-order chi connectivity index (χ1) is 7.16. The lowest BCUT2D eigenvalue weighted by Gasteiger charge is -2.07. The number of hydrogen-bond donors (Lipinski definition) is 0. The number of fused-ring (bicyclic) bond motifs is 1. The van der Waals surface area contributed by atoms with Crippen LogP contribution in [0.2, 0.25) is 0 Å². The smallest absolute Gasteiger partial charge is 0.345 e. The van der Waals surface area contributed by atoms with Crippen LogP contribution < -0.4 is 0 Å². The maximum Gasteiger partial charge on any atom is 0.345 e. The van der Waals surface area contributed by atoms with Crippen molar-refractivity contribution < 1.29 is 9.21 Å². The van der Waals surface area contributed by atoms with Gasteiger partial charge in [0.15, 0.2) is 0 Å². The van der Waals surface area contributed by atoms with E-state index >= 15 is 0 Å². The van der Waals surface area contributed by atoms with Crippen LogP contribution >= 0.6 is 11.8 Å². The standard InChI is InChI=1S/C7H9N5O2S/c1-11(2)5(13)3-15-7-10-12-4-8-9-6(12)14-7/h4H,3H2,1-2H3. The molecule has 0 radical (unpaired) electrons. The molecule has 0 bridgehead atoms. The molecular formula is C7H9N5O2S. The molecule has 0 saturated carbocycles. The summed E-state index contributed by atoms with van der Waals surface area (Å²) in [5.74, 6) is 0.633. The molecule has 0 spiro atoms. The van der Waals surface area contributed by atoms with Crippen LogP contribution in [0.5, 0.6) is 0 Å². The third-order valence-corrected chi connectivity index (χ3v) is 2.49. The Hall–Kier alpha value is -1.57. The Bertz CT molecular complexity index is 448. The number of rotatable bonds is 3. The van der Waals surface area contributed by atoms with Crippen molar-refractivity contribution in [2.45, 2.75) is 5.22 Å². The zero-order valence-corrected chi connectivity index (χ0v) is 9.06. The van der Waals surface area contributed by atoms with Gasteiger partial charge in [0.1, 0.15) is 6.33 Å². The van der Waals surface area contributed by atoms with E-state index in [9.17, 15) is 4.79 Å². The fraction of sp³-hybridized carbons (Fsp3) is 0.429. The van der Waals surface area contributed by atoms with Crippen molar-refractivity contribution in [1.29, 1.82) is 0 Å². The molecule has 0 saturated heterocycles. The molecule has 0 aliphatic rings. The van der Waals surface area contributed by atoms with Gasteiger partial charge < -0.3 is 9.32 Å². The van der Waals surface area contributed by atoms with E-state index in [4.69, 9.17) is 4.42 Å². The number of carbonyl (C=O) groups excluding carboxylic acids is 1. The van der Waals surface area contributed by atoms with Crippen molar-refractivity contribution in [3.63, 3.8) is 0 Å². The molecule has 15 heavy (non-hydrogen) atoms. The van der Waals surface area contributed by atoms with Gasteiger partial charge in [-0.15, -0.1) is 10.2 Å². The number of hydrogen-bond acceptors (Lipinski definition) is 6. The van der Waals surface area contributed by atoms with E-state index in [2.05, 4.69) is 15.3 Å². The molecule has 0 aliphatic heterocycles. The second-order valence-electron chi connectivity index (χ2n) is 3.00. The first kappa shape index (κ1) is 9.97. The summed E-state index contributed by atoms with van der Waals surface area (Å²) >= 11 is 1.23. The topological polar surface area (TPSA) is 76.5 Å². The molecule has 1 amide bonds. The van der Waals surface area contributed by atoms with Gasteiger partial charge >= 0.3 is 5.84 Å². The van der Waals surface area contributed by atoms with Gasteiger partial charge in [0, 0.05) is 14.1 Å². The summed E-state index contributed by atoms with van der Waals surface area (Å²) in [6, 6.07) is 0. The Morgan fingerprint density at radius 3 is 3.13 bits per heavy atom. The highest BCUT2D eigenvalue weighted by Crippen LogP contribution is 2.17. The van der Waals surface area contributed by atoms with E-state index in [1.807, 2.05) is 0 Å². The van der Waals surface area contributed by atoms with E-state index in [0.29, 0.717) is 16.8 Å². The molecule has 7 nitrogen and oxygen atoms in total. The first-order valence-corrected chi connectivity index (χ1v) is 5.15. The van der Waals surface area contributed by atoms with E-state index in [-0.39, 0.29) is 5.91 Å². The predicted octanol–water partition coefficient (Wildman–Crippen LogP) is -0.102. The zero-order chi connectivity index (χ0) is 10.8. The van der Waals surface area contributed by atoms with Crippen molar-refractivity contribution >= 4 is 23.5 Å². The molecular weight excluding hydrogens is 218 g/mol. The van der Waals surface area contributed by atoms with Crippen LogP contribution in [0.3, 0.4) is 0 Å². The van der Waals surface area contributed by atoms with Gasteiger partial charge in [0.05, 0.1) is 5.75 Å². The lowest BCUT2D eigenvalue weighted by molar-refractivity contribution is -0.125. The number of aromatic nitrogens is 4. The van der Waals surface area contributed by atoms with E-state index in [1.54, 1.807) is 14.1 Å². The maximum absolute atomic E-state index is 11.3. The van der Waals surface area contributed by atoms with Crippen LogP contribution in [0.25, 0.3) is 5.84 Å². The van der Waals surface area contributed by atoms with Crippen LogP contribution in [-0.4, -0.2) is 50.5 Å². The normalized spacial score (nSPS) is 10.8. The molecule has 0 aromatic carbocycles. The second-order valence-corrected chi connectivity index (χ2v) is 3.93. The summed E-state index contributed by atoms with van der Waals surface area (Å²) in [6.45, 7) is 0. The lowest BCUT2D eigenvalue weighted by Crippen LogP contribution is -2.23. The minimum Gasteiger partial charge on any atom is -0.396 e. The molecule has 0 fully saturated rings. The molecule has 0 N–H and O–H groups in total. The summed E-state index contributed by atoms with van der Waals surface area (Å²) < 4.78 is 6.63. The third-order valence-electron chi connectivity index (χ3n) is 1.69. The van der Waals surface area contributed by atoms with Gasteiger partial charge in [0.25, 0.3) is 5.22 Å². The average Bonchev–Trinajstić information content (AvgIpc) is 2.72. The van der Waals surface area contributed by atoms with E-state index < -0.39 is 0 Å². The number of thioether (sulfide) groups is 1. The van der Waals surface area contributed by atoms with Crippen LogP contribution in [0.1, 0.15) is 0 Å². The Kier molecular flexibility index (Phi) is 2.58. The summed E-state index contributed by atoms with van der Waals surface area (Å²) in [7, 11) is 3.41. The zero-order valence-electron chi connectivity index (χ0n) is 8.25. The van der Waals surface area contributed by atoms with Crippen molar-refractivity contribution in [3.8, 4) is 0 Å². The SMILES string of the molecule is CN(C)C(=O)CSc1nn2cnnc2o1. The molecule has 2 aromatic rings. The minimum atomic E-state index is 0.00830. The molecule has 2 rings (SSSR count). The Labute approximate surface area is 89.4 Å². The monoisotopic (exact) mass is 227 g/mol. The van der Waals surface area contributed by atoms with Crippen molar-refractivity contribution in [3.05, 3.63) is 6.33 Å². The molecule has 0 unspecified atom stereocenters. The maximum atomic E-state index is 11.3. The van der Waals surface area contributed by atoms with Gasteiger partial charge in [-0.2, -0.15) is 4.52 Å². The average molecular weight is 227 g/mol. The molecule has 8 heteroatoms. The van der Waals surface area contributed by atoms with Crippen LogP contribution in [0.15, 0.2) is 16.0 Å². The summed E-state index contributed by atoms with van der Waals surface area (Å²) in [5.41, 5.74) is 0. The summed E-state index contributed by atoms with van der Waals surface area (Å²) in [6.07, 6.45) is 1.44. The lowest BCUT2D eigenvalue weighted by atomic mass is 10.6. The first-order valence-electron chi connectivity index (χ1n) is 4.16. The highest BCUT2D eigenvalue weighted by atomic mass is 32.2. The highest BCUT2D eigenvalue weighted by Gasteiger charge is 2.10. The fourth-order valence-corrected chi connectivity index (χ4v) is 1.64. The van der Waals surface area contributed by atoms with Crippen LogP contribution in [-0.2, 0) is 4.79 Å². The van der Waals surface area contributed by atoms with Crippen LogP contribution in [0, 0.1) is 0 Å². The number of amides is 1. The van der Waals surface area contributed by atoms with Crippen molar-refractivity contribution in [1.82, 2.24) is 24.7 Å². The molecule has 0 atom stereocenters. The summed E-state index contributed by atoms with van der Waals surface area (Å²) in [5, 5.41) is 11.7. The predicted molar refractivity (Wildman–Crippen MR) is 52.5 cm³/mol. The van der Waals surface area contributed by atoms with Crippen molar-refractivity contribution in [2.75, 3.05) is 19.8 Å². The minimum absolute atomic E-state index is 0.00830. The molecule has 2 heterocycles. The molecule has 0 aliphatic carbocycles. The number of carbonyl (C=O) groups is 1. The Morgan fingerprint density at radius 2 is 2.47 bits per heavy atom. The third kappa shape index (κ3) is 2.09. The van der Waals surface area contributed by atoms with Gasteiger partial charge in [-0.05, 0) is 0 Å². The van der Waals surface area contributed by atoms with Gasteiger partial charge in [-0.3, -0.25) is 4.79 Å². The second kappa shape index (κ2) is 3.89. The van der Waals surface area contributed by atoms with E-state index in [1.165, 1.54) is 27.5 Å².